The minimum Gasteiger partial charge on any atom is -0.487 e. The fourth-order valence-corrected chi connectivity index (χ4v) is 6.18. The molecule has 2 unspecified atom stereocenters. The average molecular weight is 565 g/mol. The first-order chi connectivity index (χ1) is 18.9. The van der Waals surface area contributed by atoms with E-state index in [0.717, 1.165) is 60.3 Å². The molecular weight excluding hydrogens is 508 g/mol. The largest absolute Gasteiger partial charge is 0.487 e. The number of ether oxygens (including phenoxy) is 3. The fourth-order valence-electron chi connectivity index (χ4n) is 6.18. The monoisotopic (exact) mass is 564 g/mol. The van der Waals surface area contributed by atoms with E-state index in [1.54, 1.807) is 0 Å². The van der Waals surface area contributed by atoms with E-state index in [1.807, 2.05) is 19.1 Å². The van der Waals surface area contributed by atoms with Crippen LogP contribution in [0, 0.1) is 24.7 Å². The summed E-state index contributed by atoms with van der Waals surface area (Å²) in [6.07, 6.45) is 6.77. The van der Waals surface area contributed by atoms with Gasteiger partial charge in [-0.25, -0.2) is 0 Å². The molecule has 230 valence electrons. The predicted molar refractivity (Wildman–Crippen MR) is 158 cm³/mol. The van der Waals surface area contributed by atoms with Crippen molar-refractivity contribution >= 4 is 0 Å². The Bertz CT molecular complexity index is 903. The highest BCUT2D eigenvalue weighted by molar-refractivity contribution is 5.48. The quantitative estimate of drug-likeness (QED) is 0.217. The molecule has 3 rings (SSSR count). The van der Waals surface area contributed by atoms with Crippen LogP contribution in [-0.4, -0.2) is 63.3 Å². The minimum atomic E-state index is -1.47. The molecule has 1 fully saturated rings. The van der Waals surface area contributed by atoms with Crippen LogP contribution in [0.3, 0.4) is 0 Å². The number of aryl methyl sites for hydroxylation is 2. The fraction of sp³-hybridized carbons (Fsp3) is 0.818. The molecule has 1 aromatic rings. The molecule has 1 aromatic carbocycles. The predicted octanol–water partition coefficient (Wildman–Crippen LogP) is 5.70. The Balaban J connectivity index is 1.45. The van der Waals surface area contributed by atoms with Crippen molar-refractivity contribution < 1.29 is 34.6 Å². The zero-order valence-electron chi connectivity index (χ0n) is 25.8. The summed E-state index contributed by atoms with van der Waals surface area (Å²) in [5.41, 5.74) is 1.80. The van der Waals surface area contributed by atoms with Crippen molar-refractivity contribution in [1.29, 1.82) is 0 Å². The molecule has 0 radical (unpaired) electrons. The lowest BCUT2D eigenvalue weighted by Gasteiger charge is -2.40. The Hall–Kier alpha value is -1.38. The number of hydrogen-bond acceptors (Lipinski definition) is 7. The van der Waals surface area contributed by atoms with E-state index >= 15 is 0 Å². The van der Waals surface area contributed by atoms with Crippen molar-refractivity contribution in [3.63, 3.8) is 0 Å². The van der Waals surface area contributed by atoms with Crippen LogP contribution in [0.2, 0.25) is 0 Å². The lowest BCUT2D eigenvalue weighted by Crippen LogP contribution is -2.60. The van der Waals surface area contributed by atoms with Gasteiger partial charge in [-0.3, -0.25) is 0 Å². The van der Waals surface area contributed by atoms with Gasteiger partial charge in [0.2, 0.25) is 6.29 Å². The van der Waals surface area contributed by atoms with Crippen LogP contribution in [0.1, 0.15) is 110 Å². The van der Waals surface area contributed by atoms with Gasteiger partial charge in [-0.2, -0.15) is 0 Å². The molecule has 2 aliphatic heterocycles. The maximum absolute atomic E-state index is 10.3. The number of rotatable bonds is 15. The van der Waals surface area contributed by atoms with Gasteiger partial charge in [-0.1, -0.05) is 72.6 Å². The van der Waals surface area contributed by atoms with E-state index in [-0.39, 0.29) is 5.60 Å². The average Bonchev–Trinajstić information content (AvgIpc) is 2.89. The molecule has 0 aliphatic carbocycles. The summed E-state index contributed by atoms with van der Waals surface area (Å²) >= 11 is 0. The molecule has 0 bridgehead atoms. The van der Waals surface area contributed by atoms with Gasteiger partial charge in [0.05, 0.1) is 6.61 Å². The number of benzene rings is 1. The molecule has 0 aromatic heterocycles. The summed E-state index contributed by atoms with van der Waals surface area (Å²) < 4.78 is 18.0. The number of aliphatic hydroxyl groups is 4. The molecule has 0 saturated carbocycles. The number of aliphatic hydroxyl groups excluding tert-OH is 4. The molecule has 2 aliphatic rings. The third-order valence-corrected chi connectivity index (χ3v) is 8.97. The Morgan fingerprint density at radius 1 is 0.900 bits per heavy atom. The van der Waals surface area contributed by atoms with Crippen molar-refractivity contribution in [3.8, 4) is 11.5 Å². The molecule has 7 nitrogen and oxygen atoms in total. The van der Waals surface area contributed by atoms with Gasteiger partial charge in [0.25, 0.3) is 0 Å². The Kier molecular flexibility index (Phi) is 12.6. The molecule has 1 saturated heterocycles. The summed E-state index contributed by atoms with van der Waals surface area (Å²) in [7, 11) is 0. The van der Waals surface area contributed by atoms with Crippen LogP contribution < -0.4 is 9.47 Å². The lowest BCUT2D eigenvalue weighted by molar-refractivity contribution is -0.277. The van der Waals surface area contributed by atoms with Crippen molar-refractivity contribution in [1.82, 2.24) is 0 Å². The SMILES string of the molecule is Cc1cc(O[C@@H]2OC(CO)[C@@H](O)C(O)[C@@H]2O)cc2c1O[C@](C)(CCC[C@H](C)CCC[C@H](C)CCCC(C)C)CC2. The second kappa shape index (κ2) is 15.2. The maximum atomic E-state index is 10.3. The minimum absolute atomic E-state index is 0.192. The first-order valence-corrected chi connectivity index (χ1v) is 15.7. The lowest BCUT2D eigenvalue weighted by atomic mass is 9.85. The molecule has 40 heavy (non-hydrogen) atoms. The Morgan fingerprint density at radius 3 is 2.15 bits per heavy atom. The highest BCUT2D eigenvalue weighted by atomic mass is 16.7. The van der Waals surface area contributed by atoms with Gasteiger partial charge in [-0.15, -0.1) is 0 Å². The molecule has 4 N–H and O–H groups in total. The summed E-state index contributed by atoms with van der Waals surface area (Å²) in [4.78, 5) is 0. The smallest absolute Gasteiger partial charge is 0.229 e. The van der Waals surface area contributed by atoms with Crippen molar-refractivity contribution in [3.05, 3.63) is 23.3 Å². The topological polar surface area (TPSA) is 109 Å². The van der Waals surface area contributed by atoms with E-state index in [0.29, 0.717) is 5.75 Å². The van der Waals surface area contributed by atoms with E-state index in [1.165, 1.54) is 44.9 Å². The Labute approximate surface area is 242 Å². The summed E-state index contributed by atoms with van der Waals surface area (Å²) in [6, 6.07) is 3.74. The van der Waals surface area contributed by atoms with Crippen LogP contribution in [0.25, 0.3) is 0 Å². The van der Waals surface area contributed by atoms with Crippen LogP contribution >= 0.6 is 0 Å². The van der Waals surface area contributed by atoms with Crippen LogP contribution in [0.15, 0.2) is 12.1 Å². The van der Waals surface area contributed by atoms with E-state index < -0.39 is 37.3 Å². The van der Waals surface area contributed by atoms with Gasteiger partial charge in [0.15, 0.2) is 0 Å². The molecule has 8 atom stereocenters. The summed E-state index contributed by atoms with van der Waals surface area (Å²) in [5.74, 6) is 3.79. The third kappa shape index (κ3) is 9.32. The first-order valence-electron chi connectivity index (χ1n) is 15.7. The zero-order valence-corrected chi connectivity index (χ0v) is 25.8. The second-order valence-electron chi connectivity index (χ2n) is 13.5. The van der Waals surface area contributed by atoms with Gasteiger partial charge in [-0.05, 0) is 80.5 Å². The van der Waals surface area contributed by atoms with Crippen molar-refractivity contribution in [2.24, 2.45) is 17.8 Å². The number of hydrogen-bond donors (Lipinski definition) is 4. The van der Waals surface area contributed by atoms with Crippen molar-refractivity contribution in [2.45, 2.75) is 148 Å². The standard InChI is InChI=1S/C33H56O7/c1-21(2)10-7-11-22(3)12-8-13-23(4)14-9-16-33(6)17-15-25-19-26(18-24(5)31(25)40-33)38-32-30(37)29(36)28(35)27(20-34)39-32/h18-19,21-23,27-30,32,34-37H,7-17,20H2,1-6H3/t22-,23-,27?,28-,29?,30+,32-,33-/m1/s1. The second-order valence-corrected chi connectivity index (χ2v) is 13.5. The van der Waals surface area contributed by atoms with E-state index in [2.05, 4.69) is 34.6 Å². The molecular formula is C33H56O7. The van der Waals surface area contributed by atoms with Gasteiger partial charge < -0.3 is 34.6 Å². The summed E-state index contributed by atoms with van der Waals surface area (Å²) in [5, 5.41) is 39.9. The molecule has 0 spiro atoms. The normalized spacial score (nSPS) is 30.0. The molecule has 7 heteroatoms. The highest BCUT2D eigenvalue weighted by Gasteiger charge is 2.45. The Morgan fingerprint density at radius 2 is 1.52 bits per heavy atom. The first kappa shape index (κ1) is 33.1. The number of fused-ring (bicyclic) bond motifs is 1. The molecule has 0 amide bonds. The maximum Gasteiger partial charge on any atom is 0.229 e. The van der Waals surface area contributed by atoms with Gasteiger partial charge in [0.1, 0.15) is 41.5 Å². The highest BCUT2D eigenvalue weighted by Crippen LogP contribution is 2.41. The van der Waals surface area contributed by atoms with Crippen LogP contribution in [0.5, 0.6) is 11.5 Å². The van der Waals surface area contributed by atoms with Crippen LogP contribution in [-0.2, 0) is 11.2 Å². The third-order valence-electron chi connectivity index (χ3n) is 8.97. The zero-order chi connectivity index (χ0) is 29.4. The van der Waals surface area contributed by atoms with E-state index in [4.69, 9.17) is 14.2 Å². The summed E-state index contributed by atoms with van der Waals surface area (Å²) in [6.45, 7) is 13.1. The van der Waals surface area contributed by atoms with Crippen LogP contribution in [0.4, 0.5) is 0 Å². The van der Waals surface area contributed by atoms with Gasteiger partial charge in [0, 0.05) is 0 Å². The van der Waals surface area contributed by atoms with Crippen molar-refractivity contribution in [2.75, 3.05) is 6.61 Å². The molecule has 2 heterocycles. The van der Waals surface area contributed by atoms with E-state index in [9.17, 15) is 20.4 Å². The van der Waals surface area contributed by atoms with Gasteiger partial charge >= 0.3 is 0 Å².